The molecule has 0 fully saturated rings. The summed E-state index contributed by atoms with van der Waals surface area (Å²) in [4.78, 5) is 38.4. The lowest BCUT2D eigenvalue weighted by molar-refractivity contribution is -0.142. The number of benzene rings is 2. The van der Waals surface area contributed by atoms with Gasteiger partial charge in [-0.2, -0.15) is 0 Å². The zero-order valence-electron chi connectivity index (χ0n) is 16.2. The molecule has 1 atom stereocenters. The van der Waals surface area contributed by atoms with Gasteiger partial charge in [-0.3, -0.25) is 14.4 Å². The molecule has 28 heavy (non-hydrogen) atoms. The number of carbonyl (C=O) groups is 3. The Bertz CT molecular complexity index is 930. The molecular formula is C22H24N2O4. The van der Waals surface area contributed by atoms with Gasteiger partial charge in [0.15, 0.2) is 0 Å². The average Bonchev–Trinajstić information content (AvgIpc) is 2.66. The lowest BCUT2D eigenvalue weighted by atomic mass is 9.86. The van der Waals surface area contributed by atoms with Gasteiger partial charge in [-0.25, -0.2) is 0 Å². The van der Waals surface area contributed by atoms with Gasteiger partial charge in [-0.05, 0) is 35.1 Å². The first-order chi connectivity index (χ1) is 13.2. The number of hydrogen-bond acceptors (Lipinski definition) is 3. The van der Waals surface area contributed by atoms with Crippen LogP contribution in [0.25, 0.3) is 0 Å². The molecule has 0 bridgehead atoms. The second kappa shape index (κ2) is 7.46. The van der Waals surface area contributed by atoms with Crippen molar-refractivity contribution >= 4 is 29.2 Å². The molecule has 1 unspecified atom stereocenters. The molecule has 0 radical (unpaired) electrons. The van der Waals surface area contributed by atoms with Crippen LogP contribution in [-0.2, 0) is 26.2 Å². The third kappa shape index (κ3) is 3.91. The van der Waals surface area contributed by atoms with Crippen molar-refractivity contribution < 1.29 is 19.5 Å². The molecule has 0 aromatic heterocycles. The van der Waals surface area contributed by atoms with E-state index in [0.29, 0.717) is 17.8 Å². The summed E-state index contributed by atoms with van der Waals surface area (Å²) in [5, 5.41) is 12.1. The van der Waals surface area contributed by atoms with Crippen molar-refractivity contribution in [3.05, 3.63) is 59.7 Å². The molecule has 1 aliphatic heterocycles. The summed E-state index contributed by atoms with van der Waals surface area (Å²) in [5.41, 5.74) is 2.62. The number of rotatable bonds is 2. The van der Waals surface area contributed by atoms with Crippen LogP contribution in [0.2, 0.25) is 0 Å². The van der Waals surface area contributed by atoms with Crippen molar-refractivity contribution in [3.8, 4) is 0 Å². The average molecular weight is 380 g/mol. The molecule has 1 heterocycles. The van der Waals surface area contributed by atoms with Crippen LogP contribution >= 0.6 is 0 Å². The van der Waals surface area contributed by atoms with E-state index in [0.717, 1.165) is 11.1 Å². The fourth-order valence-corrected chi connectivity index (χ4v) is 3.50. The van der Waals surface area contributed by atoms with E-state index in [1.807, 2.05) is 32.9 Å². The van der Waals surface area contributed by atoms with Gasteiger partial charge in [0.1, 0.15) is 0 Å². The summed E-state index contributed by atoms with van der Waals surface area (Å²) in [6, 6.07) is 14.5. The predicted molar refractivity (Wildman–Crippen MR) is 107 cm³/mol. The fraction of sp³-hybridized carbons (Fsp3) is 0.318. The first-order valence-corrected chi connectivity index (χ1v) is 9.21. The van der Waals surface area contributed by atoms with Gasteiger partial charge < -0.3 is 15.3 Å². The Kier molecular flexibility index (Phi) is 5.23. The topological polar surface area (TPSA) is 86.7 Å². The summed E-state index contributed by atoms with van der Waals surface area (Å²) in [6.45, 7) is 6.05. The largest absolute Gasteiger partial charge is 0.481 e. The van der Waals surface area contributed by atoms with Gasteiger partial charge >= 0.3 is 17.8 Å². The molecule has 2 aromatic carbocycles. The van der Waals surface area contributed by atoms with Crippen molar-refractivity contribution in [3.63, 3.8) is 0 Å². The van der Waals surface area contributed by atoms with Crippen molar-refractivity contribution in [1.29, 1.82) is 0 Å². The molecule has 2 N–H and O–H groups in total. The SMILES string of the molecule is CC(C)(C)c1ccccc1NC(=O)C(=O)N1CC(C(=O)O)Cc2ccccc21. The third-order valence-corrected chi connectivity index (χ3v) is 4.92. The number of anilines is 2. The van der Waals surface area contributed by atoms with E-state index in [-0.39, 0.29) is 12.0 Å². The quantitative estimate of drug-likeness (QED) is 0.783. The van der Waals surface area contributed by atoms with Gasteiger partial charge in [0, 0.05) is 17.9 Å². The van der Waals surface area contributed by atoms with E-state index < -0.39 is 23.7 Å². The highest BCUT2D eigenvalue weighted by molar-refractivity contribution is 6.44. The molecule has 0 saturated carbocycles. The normalized spacial score (nSPS) is 16.2. The number of fused-ring (bicyclic) bond motifs is 1. The first-order valence-electron chi connectivity index (χ1n) is 9.21. The highest BCUT2D eigenvalue weighted by atomic mass is 16.4. The predicted octanol–water partition coefficient (Wildman–Crippen LogP) is 3.21. The van der Waals surface area contributed by atoms with E-state index in [1.54, 1.807) is 36.4 Å². The fourth-order valence-electron chi connectivity index (χ4n) is 3.50. The van der Waals surface area contributed by atoms with E-state index in [9.17, 15) is 19.5 Å². The Hall–Kier alpha value is -3.15. The minimum absolute atomic E-state index is 0.0283. The molecule has 2 amide bonds. The number of amides is 2. The van der Waals surface area contributed by atoms with Gasteiger partial charge in [0.2, 0.25) is 0 Å². The first kappa shape index (κ1) is 19.6. The van der Waals surface area contributed by atoms with Crippen molar-refractivity contribution in [2.75, 3.05) is 16.8 Å². The second-order valence-electron chi connectivity index (χ2n) is 8.03. The van der Waals surface area contributed by atoms with Crippen molar-refractivity contribution in [2.24, 2.45) is 5.92 Å². The lowest BCUT2D eigenvalue weighted by Gasteiger charge is -2.32. The molecule has 0 spiro atoms. The summed E-state index contributed by atoms with van der Waals surface area (Å²) in [7, 11) is 0. The monoisotopic (exact) mass is 380 g/mol. The van der Waals surface area contributed by atoms with Gasteiger partial charge in [-0.1, -0.05) is 57.2 Å². The van der Waals surface area contributed by atoms with Crippen LogP contribution in [0.5, 0.6) is 0 Å². The van der Waals surface area contributed by atoms with Crippen LogP contribution in [0.1, 0.15) is 31.9 Å². The second-order valence-corrected chi connectivity index (χ2v) is 8.03. The Labute approximate surface area is 164 Å². The van der Waals surface area contributed by atoms with Gasteiger partial charge in [0.25, 0.3) is 0 Å². The van der Waals surface area contributed by atoms with Crippen LogP contribution in [0.4, 0.5) is 11.4 Å². The number of carboxylic acid groups (broad SMARTS) is 1. The maximum absolute atomic E-state index is 12.9. The van der Waals surface area contributed by atoms with Gasteiger partial charge in [-0.15, -0.1) is 0 Å². The van der Waals surface area contributed by atoms with E-state index in [2.05, 4.69) is 5.32 Å². The maximum Gasteiger partial charge on any atom is 0.316 e. The molecule has 3 rings (SSSR count). The van der Waals surface area contributed by atoms with E-state index in [4.69, 9.17) is 0 Å². The number of nitrogens with zero attached hydrogens (tertiary/aromatic N) is 1. The number of para-hydroxylation sites is 2. The number of aliphatic carboxylic acids is 1. The lowest BCUT2D eigenvalue weighted by Crippen LogP contribution is -2.47. The van der Waals surface area contributed by atoms with Crippen LogP contribution in [0, 0.1) is 5.92 Å². The number of carboxylic acids is 1. The minimum Gasteiger partial charge on any atom is -0.481 e. The molecule has 6 nitrogen and oxygen atoms in total. The summed E-state index contributed by atoms with van der Waals surface area (Å²) in [6.07, 6.45) is 0.337. The number of nitrogens with one attached hydrogen (secondary N) is 1. The highest BCUT2D eigenvalue weighted by Gasteiger charge is 2.35. The number of hydrogen-bond donors (Lipinski definition) is 2. The molecule has 6 heteroatoms. The zero-order chi connectivity index (χ0) is 20.5. The van der Waals surface area contributed by atoms with Crippen molar-refractivity contribution in [1.82, 2.24) is 0 Å². The summed E-state index contributed by atoms with van der Waals surface area (Å²) < 4.78 is 0. The van der Waals surface area contributed by atoms with E-state index >= 15 is 0 Å². The molecule has 1 aliphatic rings. The van der Waals surface area contributed by atoms with Gasteiger partial charge in [0.05, 0.1) is 5.92 Å². The van der Waals surface area contributed by atoms with Crippen LogP contribution < -0.4 is 10.2 Å². The highest BCUT2D eigenvalue weighted by Crippen LogP contribution is 2.31. The molecule has 146 valence electrons. The van der Waals surface area contributed by atoms with Crippen LogP contribution in [0.15, 0.2) is 48.5 Å². The van der Waals surface area contributed by atoms with Crippen LogP contribution in [-0.4, -0.2) is 29.4 Å². The minimum atomic E-state index is -0.981. The smallest absolute Gasteiger partial charge is 0.316 e. The van der Waals surface area contributed by atoms with Crippen LogP contribution in [0.3, 0.4) is 0 Å². The maximum atomic E-state index is 12.9. The number of carbonyl (C=O) groups excluding carboxylic acids is 2. The Morgan fingerprint density at radius 2 is 1.68 bits per heavy atom. The Morgan fingerprint density at radius 3 is 2.36 bits per heavy atom. The zero-order valence-corrected chi connectivity index (χ0v) is 16.2. The standard InChI is InChI=1S/C22H24N2O4/c1-22(2,3)16-9-5-6-10-17(16)23-19(25)20(26)24-13-15(21(27)28)12-14-8-4-7-11-18(14)24/h4-11,15H,12-13H2,1-3H3,(H,23,25)(H,27,28). The third-order valence-electron chi connectivity index (χ3n) is 4.92. The molecule has 0 saturated heterocycles. The van der Waals surface area contributed by atoms with Crippen molar-refractivity contribution in [2.45, 2.75) is 32.6 Å². The molecule has 2 aromatic rings. The Morgan fingerprint density at radius 1 is 1.04 bits per heavy atom. The molecular weight excluding hydrogens is 356 g/mol. The summed E-state index contributed by atoms with van der Waals surface area (Å²) in [5.74, 6) is -3.26. The van der Waals surface area contributed by atoms with E-state index in [1.165, 1.54) is 4.90 Å². The molecule has 0 aliphatic carbocycles. The Balaban J connectivity index is 1.88. The summed E-state index contributed by atoms with van der Waals surface area (Å²) >= 11 is 0.